The van der Waals surface area contributed by atoms with E-state index in [1.165, 1.54) is 0 Å². The topological polar surface area (TPSA) is 0 Å². The maximum atomic E-state index is 1.70. The molecule has 0 amide bonds. The molecule has 0 bridgehead atoms. The summed E-state index contributed by atoms with van der Waals surface area (Å²) in [5.41, 5.74) is 0. The molecule has 0 aliphatic carbocycles. The molecule has 1 spiro atoms. The van der Waals surface area contributed by atoms with Crippen molar-refractivity contribution in [3.05, 3.63) is 0 Å². The quantitative estimate of drug-likeness (QED) is 0.454. The van der Waals surface area contributed by atoms with Crippen molar-refractivity contribution in [2.24, 2.45) is 0 Å². The average Bonchev–Trinajstić information content (AvgIpc) is 2.45. The molecule has 2 fully saturated rings. The van der Waals surface area contributed by atoms with E-state index in [0.717, 1.165) is 0 Å². The fourth-order valence-electron chi connectivity index (χ4n) is 2.75. The molecular formula is C8H16Si. The van der Waals surface area contributed by atoms with Gasteiger partial charge in [-0.15, -0.1) is 0 Å². The summed E-state index contributed by atoms with van der Waals surface area (Å²) in [5, 5.41) is 0. The first kappa shape index (κ1) is 5.96. The van der Waals surface area contributed by atoms with Crippen LogP contribution in [0, 0.1) is 0 Å². The minimum atomic E-state index is -0.469. The van der Waals surface area contributed by atoms with E-state index < -0.39 is 8.07 Å². The molecule has 0 atom stereocenters. The monoisotopic (exact) mass is 140 g/mol. The third-order valence-electron chi connectivity index (χ3n) is 3.33. The second-order valence-corrected chi connectivity index (χ2v) is 8.91. The lowest BCUT2D eigenvalue weighted by Crippen LogP contribution is -2.24. The second kappa shape index (κ2) is 2.12. The molecule has 0 aromatic rings. The van der Waals surface area contributed by atoms with Gasteiger partial charge < -0.3 is 0 Å². The lowest BCUT2D eigenvalue weighted by molar-refractivity contribution is 0.935. The Morgan fingerprint density at radius 3 is 1.22 bits per heavy atom. The highest BCUT2D eigenvalue weighted by atomic mass is 28.3. The SMILES string of the molecule is C1CC[Si]2(C1)CCCC2. The van der Waals surface area contributed by atoms with E-state index in [1.807, 2.05) is 0 Å². The zero-order valence-electron chi connectivity index (χ0n) is 6.16. The minimum absolute atomic E-state index is 0.469. The van der Waals surface area contributed by atoms with Gasteiger partial charge in [-0.2, -0.15) is 0 Å². The summed E-state index contributed by atoms with van der Waals surface area (Å²) in [6.45, 7) is 0. The molecule has 2 heterocycles. The van der Waals surface area contributed by atoms with Crippen molar-refractivity contribution in [3.8, 4) is 0 Å². The third-order valence-corrected chi connectivity index (χ3v) is 8.99. The van der Waals surface area contributed by atoms with Gasteiger partial charge in [0.15, 0.2) is 0 Å². The van der Waals surface area contributed by atoms with E-state index >= 15 is 0 Å². The Bertz CT molecular complexity index is 79.6. The summed E-state index contributed by atoms with van der Waals surface area (Å²) in [5.74, 6) is 0. The largest absolute Gasteiger partial charge is 0.0571 e. The standard InChI is InChI=1S/C8H16Si/c1-2-6-9(5-1)7-3-4-8-9/h1-8H2. The smallest absolute Gasteiger partial charge is 0.0535 e. The van der Waals surface area contributed by atoms with Crippen molar-refractivity contribution in [3.63, 3.8) is 0 Å². The van der Waals surface area contributed by atoms with Crippen molar-refractivity contribution in [2.75, 3.05) is 0 Å². The van der Waals surface area contributed by atoms with Gasteiger partial charge in [0.1, 0.15) is 0 Å². The van der Waals surface area contributed by atoms with Crippen molar-refractivity contribution >= 4 is 8.07 Å². The van der Waals surface area contributed by atoms with E-state index in [2.05, 4.69) is 0 Å². The summed E-state index contributed by atoms with van der Waals surface area (Å²) < 4.78 is 0. The Hall–Kier alpha value is 0.217. The maximum absolute atomic E-state index is 1.70. The number of hydrogen-bond acceptors (Lipinski definition) is 0. The van der Waals surface area contributed by atoms with Crippen LogP contribution in [-0.4, -0.2) is 8.07 Å². The molecule has 2 aliphatic rings. The molecule has 0 N–H and O–H groups in total. The molecule has 0 aromatic carbocycles. The van der Waals surface area contributed by atoms with Gasteiger partial charge in [-0.3, -0.25) is 0 Å². The summed E-state index contributed by atoms with van der Waals surface area (Å²) in [4.78, 5) is 0. The normalized spacial score (nSPS) is 32.0. The first-order chi connectivity index (χ1) is 4.41. The van der Waals surface area contributed by atoms with Gasteiger partial charge in [0, 0.05) is 0 Å². The number of rotatable bonds is 0. The fraction of sp³-hybridized carbons (Fsp3) is 1.00. The van der Waals surface area contributed by atoms with E-state index in [9.17, 15) is 0 Å². The highest BCUT2D eigenvalue weighted by Crippen LogP contribution is 2.43. The maximum Gasteiger partial charge on any atom is 0.0535 e. The fourth-order valence-corrected chi connectivity index (χ4v) is 8.25. The first-order valence-electron chi connectivity index (χ1n) is 4.41. The molecular weight excluding hydrogens is 124 g/mol. The van der Waals surface area contributed by atoms with Crippen LogP contribution in [0.25, 0.3) is 0 Å². The van der Waals surface area contributed by atoms with Crippen molar-refractivity contribution in [1.82, 2.24) is 0 Å². The van der Waals surface area contributed by atoms with Crippen LogP contribution in [0.4, 0.5) is 0 Å². The van der Waals surface area contributed by atoms with Crippen molar-refractivity contribution < 1.29 is 0 Å². The minimum Gasteiger partial charge on any atom is -0.0571 e. The van der Waals surface area contributed by atoms with Gasteiger partial charge in [-0.1, -0.05) is 49.9 Å². The Morgan fingerprint density at radius 2 is 0.889 bits per heavy atom. The molecule has 2 rings (SSSR count). The summed E-state index contributed by atoms with van der Waals surface area (Å²) in [6.07, 6.45) is 6.36. The van der Waals surface area contributed by atoms with Crippen LogP contribution in [0.1, 0.15) is 25.7 Å². The Morgan fingerprint density at radius 1 is 0.556 bits per heavy atom. The predicted molar refractivity (Wildman–Crippen MR) is 43.5 cm³/mol. The van der Waals surface area contributed by atoms with E-state index in [-0.39, 0.29) is 0 Å². The van der Waals surface area contributed by atoms with Crippen molar-refractivity contribution in [2.45, 2.75) is 49.9 Å². The second-order valence-electron chi connectivity index (χ2n) is 3.91. The van der Waals surface area contributed by atoms with Gasteiger partial charge in [-0.25, -0.2) is 0 Å². The summed E-state index contributed by atoms with van der Waals surface area (Å²) in [7, 11) is -0.469. The highest BCUT2D eigenvalue weighted by molar-refractivity contribution is 6.81. The van der Waals surface area contributed by atoms with Crippen LogP contribution in [0.5, 0.6) is 0 Å². The van der Waals surface area contributed by atoms with Crippen LogP contribution in [0.3, 0.4) is 0 Å². The molecule has 2 aliphatic heterocycles. The average molecular weight is 140 g/mol. The van der Waals surface area contributed by atoms with Crippen molar-refractivity contribution in [1.29, 1.82) is 0 Å². The zero-order chi connectivity index (χ0) is 6.16. The molecule has 52 valence electrons. The predicted octanol–water partition coefficient (Wildman–Crippen LogP) is 3.02. The zero-order valence-corrected chi connectivity index (χ0v) is 7.16. The molecule has 0 radical (unpaired) electrons. The summed E-state index contributed by atoms with van der Waals surface area (Å²) in [6, 6.07) is 6.81. The molecule has 0 aromatic heterocycles. The van der Waals surface area contributed by atoms with Crippen LogP contribution >= 0.6 is 0 Å². The Balaban J connectivity index is 2.04. The molecule has 0 saturated carbocycles. The Labute approximate surface area is 58.7 Å². The van der Waals surface area contributed by atoms with Gasteiger partial charge in [0.05, 0.1) is 8.07 Å². The molecule has 0 nitrogen and oxygen atoms in total. The third kappa shape index (κ3) is 0.957. The van der Waals surface area contributed by atoms with Crippen LogP contribution in [0.15, 0.2) is 0 Å². The Kier molecular flexibility index (Phi) is 1.40. The summed E-state index contributed by atoms with van der Waals surface area (Å²) >= 11 is 0. The van der Waals surface area contributed by atoms with Gasteiger partial charge in [-0.05, 0) is 0 Å². The van der Waals surface area contributed by atoms with E-state index in [4.69, 9.17) is 0 Å². The molecule has 1 heteroatoms. The number of hydrogen-bond donors (Lipinski definition) is 0. The first-order valence-corrected chi connectivity index (χ1v) is 7.24. The van der Waals surface area contributed by atoms with Crippen LogP contribution < -0.4 is 0 Å². The lowest BCUT2D eigenvalue weighted by atomic mass is 10.4. The lowest BCUT2D eigenvalue weighted by Gasteiger charge is -2.17. The molecule has 0 unspecified atom stereocenters. The van der Waals surface area contributed by atoms with E-state index in [0.29, 0.717) is 0 Å². The molecule has 9 heavy (non-hydrogen) atoms. The molecule has 2 saturated heterocycles. The van der Waals surface area contributed by atoms with Crippen LogP contribution in [0.2, 0.25) is 24.2 Å². The van der Waals surface area contributed by atoms with E-state index in [1.54, 1.807) is 49.9 Å². The van der Waals surface area contributed by atoms with Gasteiger partial charge >= 0.3 is 0 Å². The van der Waals surface area contributed by atoms with Crippen LogP contribution in [-0.2, 0) is 0 Å². The van der Waals surface area contributed by atoms with Gasteiger partial charge in [0.2, 0.25) is 0 Å². The van der Waals surface area contributed by atoms with Gasteiger partial charge in [0.25, 0.3) is 0 Å². The highest BCUT2D eigenvalue weighted by Gasteiger charge is 2.38.